The average molecular weight is 413 g/mol. The molecule has 1 nitrogen and oxygen atoms in total. The molecule has 156 valence electrons. The van der Waals surface area contributed by atoms with E-state index in [0.717, 1.165) is 66.7 Å². The first-order valence-corrected chi connectivity index (χ1v) is 10.5. The second-order valence-electron chi connectivity index (χ2n) is 8.59. The zero-order chi connectivity index (χ0) is 20.9. The van der Waals surface area contributed by atoms with Gasteiger partial charge < -0.3 is 4.90 Å². The van der Waals surface area contributed by atoms with Crippen molar-refractivity contribution in [3.8, 4) is 0 Å². The minimum absolute atomic E-state index is 0.373. The molecule has 2 aliphatic carbocycles. The van der Waals surface area contributed by atoms with Gasteiger partial charge in [-0.1, -0.05) is 29.9 Å². The maximum absolute atomic E-state index is 14.2. The Labute approximate surface area is 173 Å². The number of alkyl halides is 3. The Morgan fingerprint density at radius 3 is 2.13 bits per heavy atom. The molecule has 1 saturated heterocycles. The quantitative estimate of drug-likeness (QED) is 0.426. The molecule has 0 spiro atoms. The minimum Gasteiger partial charge on any atom is -0.302 e. The van der Waals surface area contributed by atoms with Crippen LogP contribution >= 0.6 is 0 Å². The summed E-state index contributed by atoms with van der Waals surface area (Å²) in [5, 5.41) is 0. The third-order valence-electron chi connectivity index (χ3n) is 6.40. The lowest BCUT2D eigenvalue weighted by molar-refractivity contribution is -0.137. The van der Waals surface area contributed by atoms with Crippen molar-refractivity contribution in [3.63, 3.8) is 0 Å². The van der Waals surface area contributed by atoms with Crippen LogP contribution in [0.15, 0.2) is 42.0 Å². The summed E-state index contributed by atoms with van der Waals surface area (Å²) in [4.78, 5) is 2.45. The monoisotopic (exact) mass is 413 g/mol. The molecule has 0 atom stereocenters. The predicted molar refractivity (Wildman–Crippen MR) is 111 cm³/mol. The summed E-state index contributed by atoms with van der Waals surface area (Å²) >= 11 is 0. The second-order valence-corrected chi connectivity index (χ2v) is 8.59. The second kappa shape index (κ2) is 7.38. The number of halogens is 4. The predicted octanol–water partition coefficient (Wildman–Crippen LogP) is 6.64. The summed E-state index contributed by atoms with van der Waals surface area (Å²) in [6.45, 7) is 2.92. The molecule has 2 aromatic carbocycles. The molecule has 1 saturated carbocycles. The third kappa shape index (κ3) is 3.83. The lowest BCUT2D eigenvalue weighted by Crippen LogP contribution is -2.32. The SMILES string of the molecule is Fc1ccc2c(c1)C(=C1CCN(CC3CC3)CC1)c1cc(C(F)(F)F)ccc1C=C2. The molecule has 1 heterocycles. The van der Waals surface area contributed by atoms with Crippen LogP contribution in [0.25, 0.3) is 17.7 Å². The number of piperidine rings is 1. The van der Waals surface area contributed by atoms with E-state index in [0.29, 0.717) is 11.1 Å². The highest BCUT2D eigenvalue weighted by molar-refractivity contribution is 5.95. The molecule has 5 heteroatoms. The van der Waals surface area contributed by atoms with Crippen LogP contribution in [0.1, 0.15) is 53.5 Å². The topological polar surface area (TPSA) is 3.24 Å². The number of likely N-dealkylation sites (tertiary alicyclic amines) is 1. The van der Waals surface area contributed by atoms with E-state index in [4.69, 9.17) is 0 Å². The average Bonchev–Trinajstić information content (AvgIpc) is 3.53. The van der Waals surface area contributed by atoms with Crippen LogP contribution in [0, 0.1) is 11.7 Å². The van der Waals surface area contributed by atoms with E-state index >= 15 is 0 Å². The van der Waals surface area contributed by atoms with Gasteiger partial charge in [0.2, 0.25) is 0 Å². The fourth-order valence-electron chi connectivity index (χ4n) is 4.61. The number of hydrogen-bond acceptors (Lipinski definition) is 1. The summed E-state index contributed by atoms with van der Waals surface area (Å²) < 4.78 is 54.6. The van der Waals surface area contributed by atoms with Gasteiger partial charge in [-0.2, -0.15) is 13.2 Å². The van der Waals surface area contributed by atoms with Crippen LogP contribution in [-0.2, 0) is 6.18 Å². The van der Waals surface area contributed by atoms with Crippen molar-refractivity contribution in [2.24, 2.45) is 5.92 Å². The van der Waals surface area contributed by atoms with Gasteiger partial charge in [0.15, 0.2) is 0 Å². The smallest absolute Gasteiger partial charge is 0.302 e. The van der Waals surface area contributed by atoms with Gasteiger partial charge in [-0.05, 0) is 83.7 Å². The highest BCUT2D eigenvalue weighted by atomic mass is 19.4. The molecule has 0 amide bonds. The molecule has 0 unspecified atom stereocenters. The Kier molecular flexibility index (Phi) is 4.81. The van der Waals surface area contributed by atoms with Gasteiger partial charge in [-0.25, -0.2) is 4.39 Å². The van der Waals surface area contributed by atoms with Crippen molar-refractivity contribution in [3.05, 3.63) is 75.6 Å². The van der Waals surface area contributed by atoms with Gasteiger partial charge in [-0.3, -0.25) is 0 Å². The number of benzene rings is 2. The van der Waals surface area contributed by atoms with Gasteiger partial charge in [0.25, 0.3) is 0 Å². The van der Waals surface area contributed by atoms with Crippen molar-refractivity contribution < 1.29 is 17.6 Å². The van der Waals surface area contributed by atoms with E-state index in [1.807, 2.05) is 12.2 Å². The molecular weight excluding hydrogens is 390 g/mol. The third-order valence-corrected chi connectivity index (χ3v) is 6.40. The number of nitrogens with zero attached hydrogens (tertiary/aromatic N) is 1. The van der Waals surface area contributed by atoms with E-state index in [-0.39, 0.29) is 5.82 Å². The van der Waals surface area contributed by atoms with Crippen molar-refractivity contribution in [2.45, 2.75) is 31.9 Å². The fourth-order valence-corrected chi connectivity index (χ4v) is 4.61. The van der Waals surface area contributed by atoms with E-state index in [9.17, 15) is 17.6 Å². The molecule has 0 radical (unpaired) electrons. The van der Waals surface area contributed by atoms with E-state index < -0.39 is 11.7 Å². The van der Waals surface area contributed by atoms with Crippen LogP contribution < -0.4 is 0 Å². The Balaban J connectivity index is 1.63. The van der Waals surface area contributed by atoms with Gasteiger partial charge in [-0.15, -0.1) is 0 Å². The maximum atomic E-state index is 14.2. The zero-order valence-electron chi connectivity index (χ0n) is 16.6. The van der Waals surface area contributed by atoms with Crippen molar-refractivity contribution in [2.75, 3.05) is 19.6 Å². The van der Waals surface area contributed by atoms with Gasteiger partial charge >= 0.3 is 6.18 Å². The molecule has 2 fully saturated rings. The molecule has 30 heavy (non-hydrogen) atoms. The molecule has 2 aromatic rings. The lowest BCUT2D eigenvalue weighted by atomic mass is 9.85. The first kappa shape index (κ1) is 19.6. The normalized spacial score (nSPS) is 19.5. The highest BCUT2D eigenvalue weighted by Gasteiger charge is 2.33. The van der Waals surface area contributed by atoms with Crippen LogP contribution in [-0.4, -0.2) is 24.5 Å². The Bertz CT molecular complexity index is 1030. The van der Waals surface area contributed by atoms with Crippen LogP contribution in [0.2, 0.25) is 0 Å². The first-order valence-electron chi connectivity index (χ1n) is 10.5. The summed E-state index contributed by atoms with van der Waals surface area (Å²) in [6, 6.07) is 8.47. The molecule has 3 aliphatic rings. The molecule has 1 aliphatic heterocycles. The molecule has 0 N–H and O–H groups in total. The fraction of sp³-hybridized carbons (Fsp3) is 0.360. The Morgan fingerprint density at radius 2 is 1.50 bits per heavy atom. The number of hydrogen-bond donors (Lipinski definition) is 0. The minimum atomic E-state index is -4.42. The van der Waals surface area contributed by atoms with E-state index in [2.05, 4.69) is 4.90 Å². The molecule has 5 rings (SSSR count). The highest BCUT2D eigenvalue weighted by Crippen LogP contribution is 2.42. The van der Waals surface area contributed by atoms with Crippen molar-refractivity contribution in [1.29, 1.82) is 0 Å². The van der Waals surface area contributed by atoms with Gasteiger partial charge in [0.05, 0.1) is 5.56 Å². The Hall–Kier alpha value is -2.40. The Morgan fingerprint density at radius 1 is 0.867 bits per heavy atom. The van der Waals surface area contributed by atoms with Crippen LogP contribution in [0.5, 0.6) is 0 Å². The van der Waals surface area contributed by atoms with Crippen molar-refractivity contribution >= 4 is 17.7 Å². The van der Waals surface area contributed by atoms with Crippen LogP contribution in [0.3, 0.4) is 0 Å². The zero-order valence-corrected chi connectivity index (χ0v) is 16.6. The molecule has 0 aromatic heterocycles. The number of fused-ring (bicyclic) bond motifs is 2. The van der Waals surface area contributed by atoms with Crippen LogP contribution in [0.4, 0.5) is 17.6 Å². The molecular formula is C25H23F4N. The van der Waals surface area contributed by atoms with Gasteiger partial charge in [0.1, 0.15) is 5.82 Å². The summed E-state index contributed by atoms with van der Waals surface area (Å²) in [5.41, 5.74) is 4.05. The summed E-state index contributed by atoms with van der Waals surface area (Å²) in [5.74, 6) is 0.438. The first-order chi connectivity index (χ1) is 14.4. The lowest BCUT2D eigenvalue weighted by Gasteiger charge is -2.30. The van der Waals surface area contributed by atoms with E-state index in [1.165, 1.54) is 37.1 Å². The van der Waals surface area contributed by atoms with E-state index in [1.54, 1.807) is 6.07 Å². The maximum Gasteiger partial charge on any atom is 0.416 e. The van der Waals surface area contributed by atoms with Gasteiger partial charge in [0, 0.05) is 19.6 Å². The summed E-state index contributed by atoms with van der Waals surface area (Å²) in [6.07, 6.45) is 3.49. The largest absolute Gasteiger partial charge is 0.416 e. The molecule has 0 bridgehead atoms. The standard InChI is InChI=1S/C25H23F4N/c26-21-8-6-18-4-3-17-5-7-20(25(27,28)29)13-22(17)24(23(18)14-21)19-9-11-30(12-10-19)15-16-1-2-16/h3-8,13-14,16H,1-2,9-12,15H2. The summed E-state index contributed by atoms with van der Waals surface area (Å²) in [7, 11) is 0. The number of rotatable bonds is 2. The van der Waals surface area contributed by atoms with Crippen molar-refractivity contribution in [1.82, 2.24) is 4.90 Å².